The molecule has 2 aliphatic rings. The molecule has 1 aromatic heterocycles. The molecule has 4 nitrogen and oxygen atoms in total. The third-order valence-corrected chi connectivity index (χ3v) is 6.03. The Kier molecular flexibility index (Phi) is 3.89. The molecule has 18 heavy (non-hydrogen) atoms. The van der Waals surface area contributed by atoms with Crippen LogP contribution < -0.4 is 5.32 Å². The summed E-state index contributed by atoms with van der Waals surface area (Å²) in [6, 6.07) is 0.386. The Bertz CT molecular complexity index is 379. The van der Waals surface area contributed by atoms with Crippen molar-refractivity contribution in [2.24, 2.45) is 5.92 Å². The topological polar surface area (TPSA) is 47.0 Å². The quantitative estimate of drug-likeness (QED) is 0.921. The van der Waals surface area contributed by atoms with Gasteiger partial charge in [-0.1, -0.05) is 4.49 Å². The van der Waals surface area contributed by atoms with E-state index in [0.29, 0.717) is 12.0 Å². The van der Waals surface area contributed by atoms with Crippen molar-refractivity contribution in [3.8, 4) is 0 Å². The minimum atomic E-state index is 0.154. The molecule has 0 saturated carbocycles. The lowest BCUT2D eigenvalue weighted by Gasteiger charge is -2.40. The van der Waals surface area contributed by atoms with Crippen LogP contribution in [0, 0.1) is 5.92 Å². The fourth-order valence-corrected chi connectivity index (χ4v) is 5.22. The maximum Gasteiger partial charge on any atom is 0.0783 e. The molecular formula is C12H19N3OS2. The molecule has 0 aromatic carbocycles. The third kappa shape index (κ3) is 2.43. The molecule has 3 unspecified atom stereocenters. The molecule has 6 heteroatoms. The summed E-state index contributed by atoms with van der Waals surface area (Å²) in [4.78, 5) is 1.25. The zero-order valence-electron chi connectivity index (χ0n) is 10.6. The number of nitrogens with zero attached hydrogens (tertiary/aromatic N) is 2. The van der Waals surface area contributed by atoms with Crippen molar-refractivity contribution in [3.63, 3.8) is 0 Å². The Labute approximate surface area is 116 Å². The van der Waals surface area contributed by atoms with Crippen molar-refractivity contribution in [1.82, 2.24) is 14.9 Å². The predicted molar refractivity (Wildman–Crippen MR) is 75.1 cm³/mol. The molecule has 0 bridgehead atoms. The van der Waals surface area contributed by atoms with Gasteiger partial charge in [0.05, 0.1) is 16.7 Å². The van der Waals surface area contributed by atoms with Crippen LogP contribution in [0.4, 0.5) is 0 Å². The summed E-state index contributed by atoms with van der Waals surface area (Å²) in [6.07, 6.45) is 5.42. The van der Waals surface area contributed by atoms with Gasteiger partial charge in [0, 0.05) is 18.4 Å². The molecular weight excluding hydrogens is 266 g/mol. The van der Waals surface area contributed by atoms with E-state index in [-0.39, 0.29) is 5.60 Å². The molecule has 1 spiro atoms. The molecule has 1 N–H and O–H groups in total. The van der Waals surface area contributed by atoms with Gasteiger partial charge in [-0.3, -0.25) is 0 Å². The summed E-state index contributed by atoms with van der Waals surface area (Å²) in [7, 11) is 2.04. The summed E-state index contributed by atoms with van der Waals surface area (Å²) < 4.78 is 10.1. The first-order valence-corrected chi connectivity index (χ1v) is 8.42. The molecule has 2 saturated heterocycles. The minimum Gasteiger partial charge on any atom is -0.374 e. The fraction of sp³-hybridized carbons (Fsp3) is 0.833. The highest BCUT2D eigenvalue weighted by molar-refractivity contribution is 7.99. The molecule has 3 rings (SSSR count). The van der Waals surface area contributed by atoms with Gasteiger partial charge in [0.15, 0.2) is 0 Å². The number of thioether (sulfide) groups is 1. The zero-order chi connectivity index (χ0) is 12.4. The molecule has 2 fully saturated rings. The average Bonchev–Trinajstić information content (AvgIpc) is 3.03. The lowest BCUT2D eigenvalue weighted by Crippen LogP contribution is -2.43. The summed E-state index contributed by atoms with van der Waals surface area (Å²) in [6.45, 7) is 0.898. The lowest BCUT2D eigenvalue weighted by atomic mass is 9.81. The van der Waals surface area contributed by atoms with Gasteiger partial charge in [0.25, 0.3) is 0 Å². The Balaban J connectivity index is 1.74. The van der Waals surface area contributed by atoms with Crippen LogP contribution in [0.2, 0.25) is 0 Å². The first-order valence-electron chi connectivity index (χ1n) is 6.49. The largest absolute Gasteiger partial charge is 0.374 e. The summed E-state index contributed by atoms with van der Waals surface area (Å²) in [5.74, 6) is 3.06. The summed E-state index contributed by atoms with van der Waals surface area (Å²) >= 11 is 3.54. The molecule has 0 amide bonds. The second-order valence-electron chi connectivity index (χ2n) is 5.17. The number of hydrogen-bond acceptors (Lipinski definition) is 6. The van der Waals surface area contributed by atoms with Gasteiger partial charge in [-0.15, -0.1) is 5.10 Å². The molecule has 2 aliphatic heterocycles. The standard InChI is InChI=1S/C12H19N3OS2/c1-13-11(10-7-14-15-18-10)9-2-4-16-12(6-9)3-5-17-8-12/h7,9,11,13H,2-6,8H2,1H3. The van der Waals surface area contributed by atoms with Crippen molar-refractivity contribution >= 4 is 23.3 Å². The van der Waals surface area contributed by atoms with Gasteiger partial charge in [0.1, 0.15) is 0 Å². The lowest BCUT2D eigenvalue weighted by molar-refractivity contribution is -0.0848. The molecule has 3 heterocycles. The van der Waals surface area contributed by atoms with E-state index in [9.17, 15) is 0 Å². The van der Waals surface area contributed by atoms with Gasteiger partial charge in [-0.25, -0.2) is 0 Å². The van der Waals surface area contributed by atoms with Gasteiger partial charge in [0.2, 0.25) is 0 Å². The highest BCUT2D eigenvalue weighted by Crippen LogP contribution is 2.44. The molecule has 100 valence electrons. The van der Waals surface area contributed by atoms with E-state index in [4.69, 9.17) is 4.74 Å². The maximum absolute atomic E-state index is 6.09. The minimum absolute atomic E-state index is 0.154. The molecule has 1 aromatic rings. The number of nitrogens with one attached hydrogen (secondary N) is 1. The molecule has 3 atom stereocenters. The Morgan fingerprint density at radius 3 is 3.22 bits per heavy atom. The van der Waals surface area contributed by atoms with Crippen LogP contribution in [-0.4, -0.2) is 40.3 Å². The van der Waals surface area contributed by atoms with E-state index >= 15 is 0 Å². The van der Waals surface area contributed by atoms with Crippen molar-refractivity contribution < 1.29 is 4.74 Å². The van der Waals surface area contributed by atoms with E-state index < -0.39 is 0 Å². The van der Waals surface area contributed by atoms with E-state index in [1.807, 2.05) is 25.0 Å². The average molecular weight is 285 g/mol. The van der Waals surface area contributed by atoms with Crippen molar-refractivity contribution in [2.75, 3.05) is 25.2 Å². The fourth-order valence-electron chi connectivity index (χ4n) is 3.14. The van der Waals surface area contributed by atoms with Crippen LogP contribution in [0.15, 0.2) is 6.20 Å². The highest BCUT2D eigenvalue weighted by Gasteiger charge is 2.42. The number of rotatable bonds is 3. The Morgan fingerprint density at radius 2 is 2.56 bits per heavy atom. The van der Waals surface area contributed by atoms with Crippen LogP contribution in [0.25, 0.3) is 0 Å². The van der Waals surface area contributed by atoms with Crippen LogP contribution in [0.1, 0.15) is 30.2 Å². The Hall–Kier alpha value is -0.170. The Morgan fingerprint density at radius 1 is 1.61 bits per heavy atom. The van der Waals surface area contributed by atoms with Crippen molar-refractivity contribution in [1.29, 1.82) is 0 Å². The van der Waals surface area contributed by atoms with E-state index in [1.165, 1.54) is 40.8 Å². The first kappa shape index (κ1) is 12.8. The second kappa shape index (κ2) is 5.45. The smallest absolute Gasteiger partial charge is 0.0783 e. The number of aromatic nitrogens is 2. The van der Waals surface area contributed by atoms with Crippen molar-refractivity contribution in [2.45, 2.75) is 30.9 Å². The van der Waals surface area contributed by atoms with E-state index in [0.717, 1.165) is 13.0 Å². The van der Waals surface area contributed by atoms with Crippen LogP contribution in [0.5, 0.6) is 0 Å². The van der Waals surface area contributed by atoms with Crippen molar-refractivity contribution in [3.05, 3.63) is 11.1 Å². The second-order valence-corrected chi connectivity index (χ2v) is 7.10. The predicted octanol–water partition coefficient (Wildman–Crippen LogP) is 2.10. The van der Waals surface area contributed by atoms with Gasteiger partial charge in [-0.05, 0) is 49.5 Å². The number of ether oxygens (including phenoxy) is 1. The third-order valence-electron chi connectivity index (χ3n) is 4.07. The maximum atomic E-state index is 6.09. The van der Waals surface area contributed by atoms with Crippen LogP contribution >= 0.6 is 23.3 Å². The molecule has 0 aliphatic carbocycles. The summed E-state index contributed by atoms with van der Waals surface area (Å²) in [5, 5.41) is 7.42. The van der Waals surface area contributed by atoms with Gasteiger partial charge >= 0.3 is 0 Å². The van der Waals surface area contributed by atoms with Crippen LogP contribution in [0.3, 0.4) is 0 Å². The number of hydrogen-bond donors (Lipinski definition) is 1. The zero-order valence-corrected chi connectivity index (χ0v) is 12.2. The normalized spacial score (nSPS) is 33.9. The van der Waals surface area contributed by atoms with E-state index in [2.05, 4.69) is 14.9 Å². The monoisotopic (exact) mass is 285 g/mol. The summed E-state index contributed by atoms with van der Waals surface area (Å²) in [5.41, 5.74) is 0.154. The van der Waals surface area contributed by atoms with Gasteiger partial charge < -0.3 is 10.1 Å². The first-order chi connectivity index (χ1) is 8.83. The van der Waals surface area contributed by atoms with Gasteiger partial charge in [-0.2, -0.15) is 11.8 Å². The SMILES string of the molecule is CNC(c1cnns1)C1CCOC2(CCSC2)C1. The highest BCUT2D eigenvalue weighted by atomic mass is 32.2. The van der Waals surface area contributed by atoms with E-state index in [1.54, 1.807) is 0 Å². The molecule has 0 radical (unpaired) electrons. The van der Waals surface area contributed by atoms with Crippen LogP contribution in [-0.2, 0) is 4.74 Å².